The van der Waals surface area contributed by atoms with Crippen LogP contribution in [0.2, 0.25) is 0 Å². The van der Waals surface area contributed by atoms with Crippen molar-refractivity contribution < 1.29 is 9.53 Å². The largest absolute Gasteiger partial charge is 0.484 e. The molecule has 20 heavy (non-hydrogen) atoms. The van der Waals surface area contributed by atoms with Gasteiger partial charge in [0.1, 0.15) is 5.75 Å². The molecule has 1 rings (SSSR count). The Hall–Kier alpha value is -1.51. The Kier molecular flexibility index (Phi) is 7.78. The molecule has 0 saturated carbocycles. The Bertz CT molecular complexity index is 404. The molecule has 3 nitrogen and oxygen atoms in total. The van der Waals surface area contributed by atoms with Crippen LogP contribution >= 0.6 is 0 Å². The van der Waals surface area contributed by atoms with Crippen molar-refractivity contribution in [1.29, 1.82) is 0 Å². The molecule has 0 aliphatic rings. The fourth-order valence-corrected chi connectivity index (χ4v) is 2.12. The van der Waals surface area contributed by atoms with Crippen molar-refractivity contribution in [2.24, 2.45) is 0 Å². The van der Waals surface area contributed by atoms with Gasteiger partial charge < -0.3 is 10.1 Å². The molecule has 0 aliphatic heterocycles. The van der Waals surface area contributed by atoms with E-state index in [1.807, 2.05) is 31.2 Å². The van der Waals surface area contributed by atoms with Gasteiger partial charge in [-0.15, -0.1) is 0 Å². The average molecular weight is 277 g/mol. The number of amides is 1. The van der Waals surface area contributed by atoms with Crippen molar-refractivity contribution in [3.63, 3.8) is 0 Å². The van der Waals surface area contributed by atoms with Crippen LogP contribution in [0.3, 0.4) is 0 Å². The normalized spacial score (nSPS) is 11.9. The highest BCUT2D eigenvalue weighted by molar-refractivity contribution is 5.77. The van der Waals surface area contributed by atoms with Gasteiger partial charge in [0.05, 0.1) is 0 Å². The van der Waals surface area contributed by atoms with E-state index in [9.17, 15) is 4.79 Å². The van der Waals surface area contributed by atoms with Gasteiger partial charge in [-0.05, 0) is 38.0 Å². The topological polar surface area (TPSA) is 38.3 Å². The summed E-state index contributed by atoms with van der Waals surface area (Å²) >= 11 is 0. The highest BCUT2D eigenvalue weighted by Crippen LogP contribution is 2.12. The quantitative estimate of drug-likeness (QED) is 0.696. The highest BCUT2D eigenvalue weighted by Gasteiger charge is 2.07. The van der Waals surface area contributed by atoms with E-state index in [-0.39, 0.29) is 18.6 Å². The first-order valence-electron chi connectivity index (χ1n) is 7.60. The molecule has 0 spiro atoms. The van der Waals surface area contributed by atoms with E-state index >= 15 is 0 Å². The minimum Gasteiger partial charge on any atom is -0.484 e. The van der Waals surface area contributed by atoms with E-state index in [0.29, 0.717) is 0 Å². The number of carbonyl (C=O) groups is 1. The first kappa shape index (κ1) is 16.5. The number of hydrogen-bond acceptors (Lipinski definition) is 2. The van der Waals surface area contributed by atoms with Crippen LogP contribution in [0.15, 0.2) is 24.3 Å². The van der Waals surface area contributed by atoms with E-state index in [2.05, 4.69) is 19.2 Å². The average Bonchev–Trinajstić information content (AvgIpc) is 2.41. The molecule has 1 aromatic rings. The van der Waals surface area contributed by atoms with Gasteiger partial charge in [0.15, 0.2) is 6.61 Å². The first-order chi connectivity index (χ1) is 9.61. The van der Waals surface area contributed by atoms with E-state index in [1.54, 1.807) is 0 Å². The van der Waals surface area contributed by atoms with Gasteiger partial charge in [0.25, 0.3) is 5.91 Å². The zero-order valence-electron chi connectivity index (χ0n) is 12.9. The molecular formula is C17H27NO2. The number of benzene rings is 1. The third kappa shape index (κ3) is 7.17. The second-order valence-corrected chi connectivity index (χ2v) is 5.42. The van der Waals surface area contributed by atoms with Crippen LogP contribution < -0.4 is 10.1 Å². The minimum absolute atomic E-state index is 0.0468. The molecule has 1 atom stereocenters. The maximum absolute atomic E-state index is 11.8. The van der Waals surface area contributed by atoms with Crippen molar-refractivity contribution in [2.45, 2.75) is 58.9 Å². The maximum Gasteiger partial charge on any atom is 0.258 e. The minimum atomic E-state index is -0.0468. The molecule has 0 saturated heterocycles. The highest BCUT2D eigenvalue weighted by atomic mass is 16.5. The molecule has 3 heteroatoms. The molecule has 0 aromatic heterocycles. The molecule has 0 radical (unpaired) electrons. The number of nitrogens with one attached hydrogen (secondary N) is 1. The van der Waals surface area contributed by atoms with Gasteiger partial charge in [0.2, 0.25) is 0 Å². The Labute approximate surface area is 122 Å². The van der Waals surface area contributed by atoms with Gasteiger partial charge in [-0.1, -0.05) is 44.7 Å². The predicted molar refractivity (Wildman–Crippen MR) is 83.0 cm³/mol. The summed E-state index contributed by atoms with van der Waals surface area (Å²) in [6.07, 6.45) is 5.98. The van der Waals surface area contributed by atoms with Crippen molar-refractivity contribution in [3.8, 4) is 5.75 Å². The van der Waals surface area contributed by atoms with Gasteiger partial charge in [0, 0.05) is 6.04 Å². The van der Waals surface area contributed by atoms with E-state index in [0.717, 1.165) is 17.7 Å². The van der Waals surface area contributed by atoms with E-state index < -0.39 is 0 Å². The SMILES string of the molecule is CCCCCCC(C)NC(=O)COc1cccc(C)c1. The van der Waals surface area contributed by atoms with Crippen LogP contribution in [0.25, 0.3) is 0 Å². The number of unbranched alkanes of at least 4 members (excludes halogenated alkanes) is 3. The maximum atomic E-state index is 11.8. The second-order valence-electron chi connectivity index (χ2n) is 5.42. The molecule has 112 valence electrons. The molecular weight excluding hydrogens is 250 g/mol. The number of rotatable bonds is 9. The summed E-state index contributed by atoms with van der Waals surface area (Å²) in [5, 5.41) is 2.98. The summed E-state index contributed by atoms with van der Waals surface area (Å²) in [5.41, 5.74) is 1.13. The molecule has 0 bridgehead atoms. The van der Waals surface area contributed by atoms with Gasteiger partial charge in [-0.25, -0.2) is 0 Å². The Balaban J connectivity index is 2.19. The second kappa shape index (κ2) is 9.40. The Morgan fingerprint density at radius 1 is 1.30 bits per heavy atom. The molecule has 0 aliphatic carbocycles. The Morgan fingerprint density at radius 3 is 2.80 bits per heavy atom. The summed E-state index contributed by atoms with van der Waals surface area (Å²) in [4.78, 5) is 11.8. The lowest BCUT2D eigenvalue weighted by atomic mass is 10.1. The summed E-state index contributed by atoms with van der Waals surface area (Å²) in [6.45, 7) is 6.35. The monoisotopic (exact) mass is 277 g/mol. The fraction of sp³-hybridized carbons (Fsp3) is 0.588. The standard InChI is InChI=1S/C17H27NO2/c1-4-5-6-7-10-15(3)18-17(19)13-20-16-11-8-9-14(2)12-16/h8-9,11-12,15H,4-7,10,13H2,1-3H3,(H,18,19). The van der Waals surface area contributed by atoms with Crippen LogP contribution in [0.4, 0.5) is 0 Å². The zero-order chi connectivity index (χ0) is 14.8. The number of ether oxygens (including phenoxy) is 1. The summed E-state index contributed by atoms with van der Waals surface area (Å²) in [6, 6.07) is 7.96. The lowest BCUT2D eigenvalue weighted by Crippen LogP contribution is -2.36. The van der Waals surface area contributed by atoms with Crippen LogP contribution in [0.5, 0.6) is 5.75 Å². The van der Waals surface area contributed by atoms with Gasteiger partial charge in [-0.3, -0.25) is 4.79 Å². The molecule has 0 heterocycles. The van der Waals surface area contributed by atoms with Crippen LogP contribution in [-0.2, 0) is 4.79 Å². The lowest BCUT2D eigenvalue weighted by molar-refractivity contribution is -0.123. The first-order valence-corrected chi connectivity index (χ1v) is 7.60. The Morgan fingerprint density at radius 2 is 2.10 bits per heavy atom. The smallest absolute Gasteiger partial charge is 0.258 e. The number of aryl methyl sites for hydroxylation is 1. The predicted octanol–water partition coefficient (Wildman–Crippen LogP) is 3.85. The van der Waals surface area contributed by atoms with Crippen molar-refractivity contribution in [2.75, 3.05) is 6.61 Å². The number of carbonyl (C=O) groups excluding carboxylic acids is 1. The molecule has 1 unspecified atom stereocenters. The molecule has 1 N–H and O–H groups in total. The molecule has 1 aromatic carbocycles. The van der Waals surface area contributed by atoms with E-state index in [4.69, 9.17) is 4.74 Å². The summed E-state index contributed by atoms with van der Waals surface area (Å²) in [5.74, 6) is 0.699. The van der Waals surface area contributed by atoms with Crippen molar-refractivity contribution >= 4 is 5.91 Å². The van der Waals surface area contributed by atoms with Gasteiger partial charge in [-0.2, -0.15) is 0 Å². The fourth-order valence-electron chi connectivity index (χ4n) is 2.12. The van der Waals surface area contributed by atoms with Gasteiger partial charge >= 0.3 is 0 Å². The zero-order valence-corrected chi connectivity index (χ0v) is 12.9. The third-order valence-electron chi connectivity index (χ3n) is 3.26. The van der Waals surface area contributed by atoms with Crippen LogP contribution in [0, 0.1) is 6.92 Å². The lowest BCUT2D eigenvalue weighted by Gasteiger charge is -2.14. The third-order valence-corrected chi connectivity index (χ3v) is 3.26. The molecule has 1 amide bonds. The molecule has 0 fully saturated rings. The van der Waals surface area contributed by atoms with Crippen LogP contribution in [-0.4, -0.2) is 18.6 Å². The van der Waals surface area contributed by atoms with Crippen molar-refractivity contribution in [1.82, 2.24) is 5.32 Å². The summed E-state index contributed by atoms with van der Waals surface area (Å²) < 4.78 is 5.48. The number of hydrogen-bond donors (Lipinski definition) is 1. The van der Waals surface area contributed by atoms with Crippen molar-refractivity contribution in [3.05, 3.63) is 29.8 Å². The van der Waals surface area contributed by atoms with Crippen LogP contribution in [0.1, 0.15) is 51.5 Å². The van der Waals surface area contributed by atoms with E-state index in [1.165, 1.54) is 25.7 Å². The summed E-state index contributed by atoms with van der Waals surface area (Å²) in [7, 11) is 0.